The number of hydrogen-bond donors (Lipinski definition) is 0. The highest BCUT2D eigenvalue weighted by Crippen LogP contribution is 2.45. The summed E-state index contributed by atoms with van der Waals surface area (Å²) in [5.41, 5.74) is 0. The van der Waals surface area contributed by atoms with Gasteiger partial charge in [0.1, 0.15) is 0 Å². The third-order valence-corrected chi connectivity index (χ3v) is 5.79. The Hall–Kier alpha value is -0.0700. The van der Waals surface area contributed by atoms with E-state index >= 15 is 0 Å². The molecule has 0 saturated carbocycles. The van der Waals surface area contributed by atoms with Crippen molar-refractivity contribution in [3.05, 3.63) is 12.3 Å². The summed E-state index contributed by atoms with van der Waals surface area (Å²) in [5, 5.41) is 5.58. The van der Waals surface area contributed by atoms with Gasteiger partial charge in [-0.3, -0.25) is 0 Å². The van der Waals surface area contributed by atoms with Gasteiger partial charge in [0.2, 0.25) is 0 Å². The van der Waals surface area contributed by atoms with E-state index in [0.717, 1.165) is 8.58 Å². The van der Waals surface area contributed by atoms with Crippen LogP contribution in [-0.4, -0.2) is 34.5 Å². The second-order valence-corrected chi connectivity index (χ2v) is 7.79. The number of hydrazine groups is 1. The predicted molar refractivity (Wildman–Crippen MR) is 93.5 cm³/mol. The molecule has 1 heterocycles. The van der Waals surface area contributed by atoms with Gasteiger partial charge >= 0.3 is 0 Å². The Bertz CT molecular complexity index is 280. The SMILES string of the molecule is CCCCN1C=CC(CCCC)(PCC)N1CCCC. The van der Waals surface area contributed by atoms with Gasteiger partial charge < -0.3 is 5.01 Å². The van der Waals surface area contributed by atoms with Crippen LogP contribution in [0.25, 0.3) is 0 Å². The van der Waals surface area contributed by atoms with Crippen molar-refractivity contribution < 1.29 is 0 Å². The summed E-state index contributed by atoms with van der Waals surface area (Å²) in [7, 11) is 1.03. The molecule has 0 saturated heterocycles. The minimum absolute atomic E-state index is 0.341. The fourth-order valence-electron chi connectivity index (χ4n) is 2.96. The van der Waals surface area contributed by atoms with E-state index in [1.54, 1.807) is 0 Å². The second-order valence-electron chi connectivity index (χ2n) is 5.87. The Kier molecular flexibility index (Phi) is 8.80. The molecule has 2 atom stereocenters. The van der Waals surface area contributed by atoms with E-state index in [9.17, 15) is 0 Å². The van der Waals surface area contributed by atoms with Gasteiger partial charge in [-0.15, -0.1) is 0 Å². The number of nitrogens with zero attached hydrogens (tertiary/aromatic N) is 2. The van der Waals surface area contributed by atoms with E-state index in [0.29, 0.717) is 5.28 Å². The summed E-state index contributed by atoms with van der Waals surface area (Å²) < 4.78 is 0. The molecule has 0 aromatic rings. The van der Waals surface area contributed by atoms with E-state index in [4.69, 9.17) is 0 Å². The molecule has 118 valence electrons. The fourth-order valence-corrected chi connectivity index (χ4v) is 4.54. The van der Waals surface area contributed by atoms with E-state index in [1.165, 1.54) is 64.2 Å². The van der Waals surface area contributed by atoms with Crippen LogP contribution in [0.3, 0.4) is 0 Å². The van der Waals surface area contributed by atoms with Crippen molar-refractivity contribution in [3.63, 3.8) is 0 Å². The molecule has 0 aromatic heterocycles. The first-order valence-electron chi connectivity index (χ1n) is 8.72. The van der Waals surface area contributed by atoms with Crippen LogP contribution < -0.4 is 0 Å². The van der Waals surface area contributed by atoms with Crippen LogP contribution in [0.1, 0.15) is 72.6 Å². The molecule has 0 radical (unpaired) electrons. The molecule has 0 bridgehead atoms. The minimum Gasteiger partial charge on any atom is -0.312 e. The smallest absolute Gasteiger partial charge is 0.0763 e. The molecule has 0 fully saturated rings. The van der Waals surface area contributed by atoms with E-state index in [2.05, 4.69) is 50.0 Å². The molecule has 1 aliphatic heterocycles. The van der Waals surface area contributed by atoms with Gasteiger partial charge in [0, 0.05) is 19.3 Å². The van der Waals surface area contributed by atoms with Crippen molar-refractivity contribution in [2.24, 2.45) is 0 Å². The largest absolute Gasteiger partial charge is 0.312 e. The molecule has 2 nitrogen and oxygen atoms in total. The topological polar surface area (TPSA) is 6.48 Å². The number of unbranched alkanes of at least 4 members (excludes halogenated alkanes) is 3. The van der Waals surface area contributed by atoms with E-state index in [-0.39, 0.29) is 0 Å². The Balaban J connectivity index is 2.79. The van der Waals surface area contributed by atoms with Crippen molar-refractivity contribution in [1.29, 1.82) is 0 Å². The van der Waals surface area contributed by atoms with Gasteiger partial charge in [-0.2, -0.15) is 0 Å². The van der Waals surface area contributed by atoms with Crippen LogP contribution in [0.4, 0.5) is 0 Å². The lowest BCUT2D eigenvalue weighted by Gasteiger charge is -2.43. The monoisotopic (exact) mass is 298 g/mol. The third-order valence-electron chi connectivity index (χ3n) is 4.15. The molecule has 0 N–H and O–H groups in total. The van der Waals surface area contributed by atoms with Crippen molar-refractivity contribution >= 4 is 8.58 Å². The highest BCUT2D eigenvalue weighted by molar-refractivity contribution is 7.40. The van der Waals surface area contributed by atoms with Crippen molar-refractivity contribution in [3.8, 4) is 0 Å². The first-order valence-corrected chi connectivity index (χ1v) is 9.93. The number of rotatable bonds is 11. The maximum atomic E-state index is 2.71. The quantitative estimate of drug-likeness (QED) is 0.483. The number of hydrogen-bond acceptors (Lipinski definition) is 2. The van der Waals surface area contributed by atoms with Crippen molar-refractivity contribution in [2.45, 2.75) is 77.9 Å². The molecule has 3 heteroatoms. The van der Waals surface area contributed by atoms with Crippen molar-refractivity contribution in [1.82, 2.24) is 10.0 Å². The lowest BCUT2D eigenvalue weighted by atomic mass is 10.1. The highest BCUT2D eigenvalue weighted by atomic mass is 31.1. The maximum absolute atomic E-state index is 2.71. The highest BCUT2D eigenvalue weighted by Gasteiger charge is 2.39. The molecule has 1 rings (SSSR count). The summed E-state index contributed by atoms with van der Waals surface area (Å²) in [6.45, 7) is 11.7. The molecule has 0 aromatic carbocycles. The van der Waals surface area contributed by atoms with Gasteiger partial charge in [-0.1, -0.05) is 62.0 Å². The summed E-state index contributed by atoms with van der Waals surface area (Å²) in [6.07, 6.45) is 15.4. The molecule has 0 amide bonds. The molecular formula is C17H35N2P. The van der Waals surface area contributed by atoms with Gasteiger partial charge in [0.15, 0.2) is 0 Å². The van der Waals surface area contributed by atoms with Crippen LogP contribution in [0.15, 0.2) is 12.3 Å². The molecule has 2 unspecified atom stereocenters. The van der Waals surface area contributed by atoms with E-state index in [1.807, 2.05) is 0 Å². The molecule has 0 aliphatic carbocycles. The van der Waals surface area contributed by atoms with Crippen molar-refractivity contribution in [2.75, 3.05) is 19.3 Å². The van der Waals surface area contributed by atoms with Gasteiger partial charge in [-0.25, -0.2) is 5.01 Å². The summed E-state index contributed by atoms with van der Waals surface area (Å²) >= 11 is 0. The first-order chi connectivity index (χ1) is 9.74. The lowest BCUT2D eigenvalue weighted by molar-refractivity contribution is -0.00460. The Morgan fingerprint density at radius 1 is 0.900 bits per heavy atom. The zero-order chi connectivity index (χ0) is 14.8. The average molecular weight is 298 g/mol. The lowest BCUT2D eigenvalue weighted by Crippen LogP contribution is -2.48. The zero-order valence-corrected chi connectivity index (χ0v) is 15.1. The van der Waals surface area contributed by atoms with Gasteiger partial charge in [-0.05, 0) is 31.5 Å². The first kappa shape index (κ1) is 18.0. The fraction of sp³-hybridized carbons (Fsp3) is 0.882. The van der Waals surface area contributed by atoms with Crippen LogP contribution >= 0.6 is 8.58 Å². The van der Waals surface area contributed by atoms with Gasteiger partial charge in [0.05, 0.1) is 5.28 Å². The van der Waals surface area contributed by atoms with Crippen LogP contribution in [0.5, 0.6) is 0 Å². The normalized spacial score (nSPS) is 23.5. The third kappa shape index (κ3) is 4.74. The minimum atomic E-state index is 0.341. The molecule has 0 spiro atoms. The maximum Gasteiger partial charge on any atom is 0.0763 e. The summed E-state index contributed by atoms with van der Waals surface area (Å²) in [4.78, 5) is 0. The van der Waals surface area contributed by atoms with Crippen LogP contribution in [-0.2, 0) is 0 Å². The van der Waals surface area contributed by atoms with Gasteiger partial charge in [0.25, 0.3) is 0 Å². The van der Waals surface area contributed by atoms with Crippen LogP contribution in [0.2, 0.25) is 0 Å². The Morgan fingerprint density at radius 3 is 2.15 bits per heavy atom. The molecule has 1 aliphatic rings. The standard InChI is InChI=1S/C17H35N2P/c1-5-9-12-17(20-8-4)13-16-18(14-10-6-2)19(17)15-11-7-3/h13,16,20H,5-12,14-15H2,1-4H3. The summed E-state index contributed by atoms with van der Waals surface area (Å²) in [5.74, 6) is 0. The zero-order valence-electron chi connectivity index (χ0n) is 14.1. The van der Waals surface area contributed by atoms with Crippen LogP contribution in [0, 0.1) is 0 Å². The Morgan fingerprint density at radius 2 is 1.55 bits per heavy atom. The Labute approximate surface area is 128 Å². The van der Waals surface area contributed by atoms with E-state index < -0.39 is 0 Å². The second kappa shape index (κ2) is 9.79. The molecular weight excluding hydrogens is 263 g/mol. The average Bonchev–Trinajstić information content (AvgIpc) is 2.79. The summed E-state index contributed by atoms with van der Waals surface area (Å²) in [6, 6.07) is 0. The molecule has 20 heavy (non-hydrogen) atoms. The predicted octanol–water partition coefficient (Wildman–Crippen LogP) is 5.22.